The van der Waals surface area contributed by atoms with Gasteiger partial charge in [-0.05, 0) is 24.1 Å². The number of carbonyl (C=O) groups excluding carboxylic acids is 1. The molecule has 1 rings (SSSR count). The number of Topliss-reactive ketones (excluding diaryl/α,β-unsaturated/α-hetero) is 1. The van der Waals surface area contributed by atoms with Crippen molar-refractivity contribution in [1.82, 2.24) is 0 Å². The summed E-state index contributed by atoms with van der Waals surface area (Å²) in [4.78, 5) is 11.5. The first-order chi connectivity index (χ1) is 7.13. The molecule has 0 aliphatic carbocycles. The van der Waals surface area contributed by atoms with Crippen molar-refractivity contribution >= 4 is 5.78 Å². The molecule has 2 nitrogen and oxygen atoms in total. The Bertz CT molecular complexity index is 345. The molecule has 0 saturated carbocycles. The third kappa shape index (κ3) is 3.64. The lowest BCUT2D eigenvalue weighted by Gasteiger charge is -2.07. The van der Waals surface area contributed by atoms with E-state index >= 15 is 0 Å². The largest absolute Gasteiger partial charge is 0.321 e. The van der Waals surface area contributed by atoms with Crippen molar-refractivity contribution in [2.45, 2.75) is 18.9 Å². The molecule has 0 aliphatic heterocycles. The molecule has 0 heterocycles. The Hall–Kier alpha value is -1.48. The lowest BCUT2D eigenvalue weighted by molar-refractivity contribution is -0.119. The van der Waals surface area contributed by atoms with Crippen molar-refractivity contribution in [3.05, 3.63) is 48.3 Å². The third-order valence-corrected chi connectivity index (χ3v) is 2.13. The number of halogens is 1. The molecule has 1 unspecified atom stereocenters. The number of rotatable bonds is 5. The van der Waals surface area contributed by atoms with Crippen molar-refractivity contribution in [3.63, 3.8) is 0 Å². The molecule has 0 amide bonds. The third-order valence-electron chi connectivity index (χ3n) is 2.13. The molecule has 1 aromatic rings. The van der Waals surface area contributed by atoms with Gasteiger partial charge in [0.15, 0.2) is 5.78 Å². The minimum Gasteiger partial charge on any atom is -0.321 e. The molecule has 2 N–H and O–H groups in total. The summed E-state index contributed by atoms with van der Waals surface area (Å²) in [5.74, 6) is -0.358. The lowest BCUT2D eigenvalue weighted by atomic mass is 10.0. The van der Waals surface area contributed by atoms with Crippen LogP contribution in [0.5, 0.6) is 0 Å². The van der Waals surface area contributed by atoms with Gasteiger partial charge >= 0.3 is 0 Å². The Morgan fingerprint density at radius 2 is 2.07 bits per heavy atom. The highest BCUT2D eigenvalue weighted by atomic mass is 19.1. The molecule has 0 saturated heterocycles. The highest BCUT2D eigenvalue weighted by molar-refractivity contribution is 5.85. The fourth-order valence-corrected chi connectivity index (χ4v) is 1.25. The zero-order valence-electron chi connectivity index (χ0n) is 8.45. The fourth-order valence-electron chi connectivity index (χ4n) is 1.25. The van der Waals surface area contributed by atoms with E-state index in [4.69, 9.17) is 5.73 Å². The predicted octanol–water partition coefficient (Wildman–Crippen LogP) is 1.84. The van der Waals surface area contributed by atoms with Crippen molar-refractivity contribution < 1.29 is 9.18 Å². The molecular formula is C12H14FNO. The van der Waals surface area contributed by atoms with Gasteiger partial charge in [-0.15, -0.1) is 6.58 Å². The van der Waals surface area contributed by atoms with Crippen LogP contribution in [-0.2, 0) is 11.2 Å². The Morgan fingerprint density at radius 3 is 2.60 bits per heavy atom. The summed E-state index contributed by atoms with van der Waals surface area (Å²) in [6, 6.07) is 5.35. The molecule has 0 aliphatic rings. The van der Waals surface area contributed by atoms with Gasteiger partial charge in [0.05, 0.1) is 6.04 Å². The van der Waals surface area contributed by atoms with Crippen LogP contribution in [-0.4, -0.2) is 11.8 Å². The van der Waals surface area contributed by atoms with Gasteiger partial charge in [0, 0.05) is 6.42 Å². The number of nitrogens with two attached hydrogens (primary N) is 1. The average molecular weight is 207 g/mol. The summed E-state index contributed by atoms with van der Waals surface area (Å²) in [6.45, 7) is 3.52. The molecule has 1 atom stereocenters. The SMILES string of the molecule is C=CCC(N)C(=O)Cc1ccc(F)cc1. The molecular weight excluding hydrogens is 193 g/mol. The topological polar surface area (TPSA) is 43.1 Å². The van der Waals surface area contributed by atoms with E-state index in [1.165, 1.54) is 12.1 Å². The minimum absolute atomic E-state index is 0.0542. The van der Waals surface area contributed by atoms with Crippen LogP contribution in [0.2, 0.25) is 0 Å². The number of hydrogen-bond acceptors (Lipinski definition) is 2. The van der Waals surface area contributed by atoms with E-state index in [1.54, 1.807) is 18.2 Å². The maximum Gasteiger partial charge on any atom is 0.154 e. The summed E-state index contributed by atoms with van der Waals surface area (Å²) >= 11 is 0. The summed E-state index contributed by atoms with van der Waals surface area (Å²) in [5.41, 5.74) is 6.39. The molecule has 0 aromatic heterocycles. The van der Waals surface area contributed by atoms with E-state index in [1.807, 2.05) is 0 Å². The zero-order valence-corrected chi connectivity index (χ0v) is 8.45. The lowest BCUT2D eigenvalue weighted by Crippen LogP contribution is -2.31. The van der Waals surface area contributed by atoms with Crippen LogP contribution >= 0.6 is 0 Å². The van der Waals surface area contributed by atoms with Gasteiger partial charge in [-0.25, -0.2) is 4.39 Å². The number of ketones is 1. The van der Waals surface area contributed by atoms with Crippen molar-refractivity contribution in [2.24, 2.45) is 5.73 Å². The van der Waals surface area contributed by atoms with Gasteiger partial charge in [0.25, 0.3) is 0 Å². The van der Waals surface area contributed by atoms with Crippen LogP contribution in [0.25, 0.3) is 0 Å². The highest BCUT2D eigenvalue weighted by Gasteiger charge is 2.11. The predicted molar refractivity (Wildman–Crippen MR) is 57.9 cm³/mol. The summed E-state index contributed by atoms with van der Waals surface area (Å²) in [7, 11) is 0. The molecule has 1 aromatic carbocycles. The van der Waals surface area contributed by atoms with Crippen molar-refractivity contribution in [3.8, 4) is 0 Å². The van der Waals surface area contributed by atoms with E-state index in [-0.39, 0.29) is 18.0 Å². The number of hydrogen-bond donors (Lipinski definition) is 1. The van der Waals surface area contributed by atoms with Crippen LogP contribution < -0.4 is 5.73 Å². The van der Waals surface area contributed by atoms with E-state index < -0.39 is 6.04 Å². The van der Waals surface area contributed by atoms with E-state index in [0.29, 0.717) is 6.42 Å². The maximum absolute atomic E-state index is 12.6. The summed E-state index contributed by atoms with van der Waals surface area (Å²) in [6.07, 6.45) is 2.34. The van der Waals surface area contributed by atoms with Crippen LogP contribution in [0.3, 0.4) is 0 Å². The Morgan fingerprint density at radius 1 is 1.47 bits per heavy atom. The highest BCUT2D eigenvalue weighted by Crippen LogP contribution is 2.05. The standard InChI is InChI=1S/C12H14FNO/c1-2-3-11(14)12(15)8-9-4-6-10(13)7-5-9/h2,4-7,11H,1,3,8,14H2. The van der Waals surface area contributed by atoms with Crippen molar-refractivity contribution in [1.29, 1.82) is 0 Å². The van der Waals surface area contributed by atoms with Crippen LogP contribution in [0, 0.1) is 5.82 Å². The molecule has 0 radical (unpaired) electrons. The normalized spacial score (nSPS) is 12.1. The van der Waals surface area contributed by atoms with Crippen LogP contribution in [0.4, 0.5) is 4.39 Å². The Balaban J connectivity index is 2.58. The van der Waals surface area contributed by atoms with Crippen LogP contribution in [0.1, 0.15) is 12.0 Å². The molecule has 0 fully saturated rings. The smallest absolute Gasteiger partial charge is 0.154 e. The summed E-state index contributed by atoms with van der Waals surface area (Å²) < 4.78 is 12.6. The quantitative estimate of drug-likeness (QED) is 0.749. The maximum atomic E-state index is 12.6. The van der Waals surface area contributed by atoms with Gasteiger partial charge in [0.1, 0.15) is 5.82 Å². The average Bonchev–Trinajstić information content (AvgIpc) is 2.22. The first-order valence-electron chi connectivity index (χ1n) is 4.77. The first kappa shape index (κ1) is 11.6. The van der Waals surface area contributed by atoms with Gasteiger partial charge in [-0.1, -0.05) is 18.2 Å². The number of carbonyl (C=O) groups is 1. The van der Waals surface area contributed by atoms with E-state index in [0.717, 1.165) is 5.56 Å². The van der Waals surface area contributed by atoms with Gasteiger partial charge in [0.2, 0.25) is 0 Å². The van der Waals surface area contributed by atoms with E-state index in [9.17, 15) is 9.18 Å². The van der Waals surface area contributed by atoms with Crippen LogP contribution in [0.15, 0.2) is 36.9 Å². The molecule has 0 spiro atoms. The zero-order chi connectivity index (χ0) is 11.3. The monoisotopic (exact) mass is 207 g/mol. The van der Waals surface area contributed by atoms with Gasteiger partial charge in [-0.2, -0.15) is 0 Å². The molecule has 3 heteroatoms. The molecule has 15 heavy (non-hydrogen) atoms. The number of benzene rings is 1. The van der Waals surface area contributed by atoms with Gasteiger partial charge < -0.3 is 5.73 Å². The Labute approximate surface area is 88.6 Å². The summed E-state index contributed by atoms with van der Waals surface area (Å²) in [5, 5.41) is 0. The Kier molecular flexibility index (Phi) is 4.18. The second-order valence-electron chi connectivity index (χ2n) is 3.40. The molecule has 0 bridgehead atoms. The minimum atomic E-state index is -0.507. The van der Waals surface area contributed by atoms with Crippen molar-refractivity contribution in [2.75, 3.05) is 0 Å². The van der Waals surface area contributed by atoms with E-state index in [2.05, 4.69) is 6.58 Å². The second kappa shape index (κ2) is 5.41. The second-order valence-corrected chi connectivity index (χ2v) is 3.40. The molecule has 80 valence electrons. The fraction of sp³-hybridized carbons (Fsp3) is 0.250. The van der Waals surface area contributed by atoms with Gasteiger partial charge in [-0.3, -0.25) is 4.79 Å². The first-order valence-corrected chi connectivity index (χ1v) is 4.77.